The van der Waals surface area contributed by atoms with E-state index in [-0.39, 0.29) is 6.71 Å². The van der Waals surface area contributed by atoms with Crippen molar-refractivity contribution >= 4 is 131 Å². The first-order valence-corrected chi connectivity index (χ1v) is 33.2. The molecule has 0 aliphatic carbocycles. The lowest BCUT2D eigenvalue weighted by Gasteiger charge is -2.45. The number of fused-ring (bicyclic) bond motifs is 13. The molecule has 0 amide bonds. The molecule has 92 heavy (non-hydrogen) atoms. The summed E-state index contributed by atoms with van der Waals surface area (Å²) in [5.41, 5.74) is 27.0. The summed E-state index contributed by atoms with van der Waals surface area (Å²) in [6.07, 6.45) is 0. The molecule has 0 fully saturated rings. The van der Waals surface area contributed by atoms with Gasteiger partial charge in [-0.25, -0.2) is 0 Å². The third kappa shape index (κ3) is 8.14. The maximum atomic E-state index is 2.76. The molecule has 0 bridgehead atoms. The van der Waals surface area contributed by atoms with Gasteiger partial charge in [0, 0.05) is 80.4 Å². The zero-order valence-corrected chi connectivity index (χ0v) is 51.5. The molecule has 0 unspecified atom stereocenters. The average molecular weight is 1200 g/mol. The number of aromatic nitrogens is 1. The fraction of sp³-hybridized carbons (Fsp3) is 0. The molecule has 0 radical (unpaired) electrons. The lowest BCUT2D eigenvalue weighted by Crippen LogP contribution is -2.60. The quantitative estimate of drug-likeness (QED) is 0.133. The highest BCUT2D eigenvalue weighted by molar-refractivity contribution is 7.34. The largest absolute Gasteiger partial charge is 0.310 e. The molecule has 0 saturated heterocycles. The lowest BCUT2D eigenvalue weighted by molar-refractivity contribution is 1.18. The van der Waals surface area contributed by atoms with Gasteiger partial charge in [0.1, 0.15) is 0 Å². The van der Waals surface area contributed by atoms with Gasteiger partial charge in [-0.15, -0.1) is 22.7 Å². The van der Waals surface area contributed by atoms with Crippen LogP contribution in [0.5, 0.6) is 0 Å². The van der Waals surface area contributed by atoms with Crippen molar-refractivity contribution in [3.8, 4) is 72.4 Å². The highest BCUT2D eigenvalue weighted by Gasteiger charge is 2.48. The van der Waals surface area contributed by atoms with Gasteiger partial charge in [-0.05, 0) is 116 Å². The van der Waals surface area contributed by atoms with E-state index in [0.29, 0.717) is 0 Å². The molecule has 19 rings (SSSR count). The minimum Gasteiger partial charge on any atom is -0.310 e. The Kier molecular flexibility index (Phi) is 12.1. The second-order valence-electron chi connectivity index (χ2n) is 24.2. The van der Waals surface area contributed by atoms with E-state index in [1.807, 2.05) is 22.7 Å². The van der Waals surface area contributed by atoms with Gasteiger partial charge in [-0.2, -0.15) is 0 Å². The van der Waals surface area contributed by atoms with Crippen molar-refractivity contribution in [2.45, 2.75) is 0 Å². The van der Waals surface area contributed by atoms with E-state index >= 15 is 0 Å². The van der Waals surface area contributed by atoms with Crippen LogP contribution in [0.1, 0.15) is 0 Å². The predicted molar refractivity (Wildman–Crippen MR) is 396 cm³/mol. The molecular weight excluding hydrogens is 1150 g/mol. The van der Waals surface area contributed by atoms with Crippen molar-refractivity contribution in [2.75, 3.05) is 9.80 Å². The second-order valence-corrected chi connectivity index (χ2v) is 26.3. The summed E-state index contributed by atoms with van der Waals surface area (Å²) >= 11 is 3.88. The van der Waals surface area contributed by atoms with Crippen molar-refractivity contribution in [3.63, 3.8) is 0 Å². The minimum atomic E-state index is -0.194. The Balaban J connectivity index is 1.00. The van der Waals surface area contributed by atoms with Crippen LogP contribution in [0.25, 0.3) is 125 Å². The van der Waals surface area contributed by atoms with E-state index in [0.717, 1.165) is 61.8 Å². The van der Waals surface area contributed by atoms with E-state index in [9.17, 15) is 0 Å². The van der Waals surface area contributed by atoms with Gasteiger partial charge >= 0.3 is 0 Å². The summed E-state index contributed by atoms with van der Waals surface area (Å²) in [5.74, 6) is 0. The molecule has 428 valence electrons. The summed E-state index contributed by atoms with van der Waals surface area (Å²) in [6.45, 7) is -0.194. The van der Waals surface area contributed by atoms with Crippen LogP contribution in [0.15, 0.2) is 328 Å². The standard InChI is InChI=1S/C86H54BN3S2/c1-5-25-55(26-6-1)59-33-21-35-61(51-59)66-43-24-44-67(62-36-22-34-60(52-62)56-27-7-2-8-28-56)81(66)89-76-50-49-63(88-74-45-17-13-37-68(74)69-38-14-18-46-75(69)88)53-73(76)87-80-77(89)54-72-70-39-15-19-47-78(70)91-85(72)84(80)90(83-71-40-16-20-48-79(71)92-86(83)87)82-64(57-29-9-3-10-30-57)41-23-42-65(82)58-31-11-4-12-32-58/h1-54H. The Bertz CT molecular complexity index is 5580. The molecule has 2 aliphatic rings. The van der Waals surface area contributed by atoms with Crippen LogP contribution in [0.2, 0.25) is 0 Å². The van der Waals surface area contributed by atoms with Crippen LogP contribution in [-0.2, 0) is 0 Å². The Morgan fingerprint density at radius 3 is 1.26 bits per heavy atom. The molecule has 6 heteroatoms. The van der Waals surface area contributed by atoms with Gasteiger partial charge < -0.3 is 14.4 Å². The summed E-state index contributed by atoms with van der Waals surface area (Å²) < 4.78 is 7.61. The third-order valence-electron chi connectivity index (χ3n) is 19.1. The fourth-order valence-electron chi connectivity index (χ4n) is 15.2. The van der Waals surface area contributed by atoms with Gasteiger partial charge in [0.05, 0.1) is 38.5 Å². The zero-order chi connectivity index (χ0) is 60.4. The Labute approximate surface area is 541 Å². The van der Waals surface area contributed by atoms with E-state index in [1.165, 1.54) is 113 Å². The van der Waals surface area contributed by atoms with Crippen molar-refractivity contribution in [1.29, 1.82) is 0 Å². The average Bonchev–Trinajstić information content (AvgIpc) is 1.29. The van der Waals surface area contributed by atoms with Gasteiger partial charge in [0.15, 0.2) is 0 Å². The molecule has 2 aliphatic heterocycles. The normalized spacial score (nSPS) is 12.5. The molecule has 0 atom stereocenters. The van der Waals surface area contributed by atoms with Crippen LogP contribution in [0.3, 0.4) is 0 Å². The first-order chi connectivity index (χ1) is 45.7. The molecule has 0 saturated carbocycles. The SMILES string of the molecule is c1ccc(-c2cccc(-c3cccc(-c4cccc(-c5ccccc5)c4)c3N3c4ccc(-n5c6ccccc6c6ccccc65)cc4B4c5sc6ccccc6c5N(c5c(-c6ccccc6)cccc5-c5ccccc5)c5c4c3cc3c5sc4ccccc43)c2)cc1. The summed E-state index contributed by atoms with van der Waals surface area (Å²) in [4.78, 5) is 5.46. The Morgan fingerprint density at radius 2 is 0.696 bits per heavy atom. The monoisotopic (exact) mass is 1200 g/mol. The Morgan fingerprint density at radius 1 is 0.261 bits per heavy atom. The lowest BCUT2D eigenvalue weighted by atomic mass is 9.36. The van der Waals surface area contributed by atoms with Crippen molar-refractivity contribution < 1.29 is 0 Å². The van der Waals surface area contributed by atoms with E-state index in [2.05, 4.69) is 342 Å². The van der Waals surface area contributed by atoms with Crippen LogP contribution >= 0.6 is 22.7 Å². The molecule has 5 heterocycles. The summed E-state index contributed by atoms with van der Waals surface area (Å²) in [7, 11) is 0. The first kappa shape index (κ1) is 52.6. The number of hydrogen-bond acceptors (Lipinski definition) is 4. The van der Waals surface area contributed by atoms with Gasteiger partial charge in [0.2, 0.25) is 0 Å². The molecule has 3 nitrogen and oxygen atoms in total. The highest BCUT2D eigenvalue weighted by atomic mass is 32.1. The number of nitrogens with zero attached hydrogens (tertiary/aromatic N) is 3. The second kappa shape index (κ2) is 21.2. The van der Waals surface area contributed by atoms with Crippen LogP contribution in [-0.4, -0.2) is 11.3 Å². The van der Waals surface area contributed by atoms with E-state index in [4.69, 9.17) is 0 Å². The summed E-state index contributed by atoms with van der Waals surface area (Å²) in [6, 6.07) is 122. The summed E-state index contributed by atoms with van der Waals surface area (Å²) in [5, 5.41) is 6.20. The number of thiophene rings is 2. The molecule has 3 aromatic heterocycles. The molecular formula is C86H54BN3S2. The smallest absolute Gasteiger partial charge is 0.264 e. The van der Waals surface area contributed by atoms with E-state index < -0.39 is 0 Å². The van der Waals surface area contributed by atoms with Gasteiger partial charge in [-0.3, -0.25) is 0 Å². The van der Waals surface area contributed by atoms with E-state index in [1.54, 1.807) is 0 Å². The van der Waals surface area contributed by atoms with Crippen LogP contribution < -0.4 is 25.5 Å². The highest BCUT2D eigenvalue weighted by Crippen LogP contribution is 2.58. The number of rotatable bonds is 9. The topological polar surface area (TPSA) is 11.4 Å². The molecule has 0 spiro atoms. The minimum absolute atomic E-state index is 0.194. The fourth-order valence-corrected chi connectivity index (χ4v) is 17.7. The number of benzene rings is 14. The molecule has 0 N–H and O–H groups in total. The number of hydrogen-bond donors (Lipinski definition) is 0. The maximum Gasteiger partial charge on any atom is 0.264 e. The maximum absolute atomic E-state index is 2.76. The number of para-hydroxylation sites is 4. The van der Waals surface area contributed by atoms with Crippen molar-refractivity contribution in [3.05, 3.63) is 328 Å². The number of anilines is 6. The van der Waals surface area contributed by atoms with Gasteiger partial charge in [-0.1, -0.05) is 267 Å². The zero-order valence-electron chi connectivity index (χ0n) is 49.9. The third-order valence-corrected chi connectivity index (χ3v) is 21.6. The molecule has 17 aromatic rings. The van der Waals surface area contributed by atoms with Crippen LogP contribution in [0.4, 0.5) is 34.1 Å². The van der Waals surface area contributed by atoms with Crippen LogP contribution in [0, 0.1) is 0 Å². The predicted octanol–water partition coefficient (Wildman–Crippen LogP) is 22.5. The Hall–Kier alpha value is -11.3. The van der Waals surface area contributed by atoms with Crippen molar-refractivity contribution in [2.24, 2.45) is 0 Å². The van der Waals surface area contributed by atoms with Crippen molar-refractivity contribution in [1.82, 2.24) is 4.57 Å². The first-order valence-electron chi connectivity index (χ1n) is 31.6. The molecule has 14 aromatic carbocycles. The van der Waals surface area contributed by atoms with Gasteiger partial charge in [0.25, 0.3) is 6.71 Å².